The Morgan fingerprint density at radius 2 is 0.581 bits per heavy atom. The Bertz CT molecular complexity index is 3410. The summed E-state index contributed by atoms with van der Waals surface area (Å²) in [6, 6.07) is 78.9. The van der Waals surface area contributed by atoms with Crippen molar-refractivity contribution in [2.45, 2.75) is 0 Å². The number of thiophene rings is 2. The molecule has 12 aromatic rings. The van der Waals surface area contributed by atoms with E-state index in [1.807, 2.05) is 28.7 Å². The van der Waals surface area contributed by atoms with Gasteiger partial charge in [-0.3, -0.25) is 0 Å². The van der Waals surface area contributed by atoms with E-state index < -0.39 is 0 Å². The number of aromatic nitrogens is 2. The van der Waals surface area contributed by atoms with E-state index in [4.69, 9.17) is 9.97 Å². The number of fused-ring (bicyclic) bond motifs is 6. The maximum absolute atomic E-state index is 5.36. The Kier molecular flexibility index (Phi) is 8.91. The van der Waals surface area contributed by atoms with E-state index in [1.54, 1.807) is 0 Å². The van der Waals surface area contributed by atoms with Crippen LogP contribution in [0.15, 0.2) is 218 Å². The van der Waals surface area contributed by atoms with Gasteiger partial charge in [-0.05, 0) is 123 Å². The van der Waals surface area contributed by atoms with Crippen LogP contribution in [-0.2, 0) is 0 Å². The molecule has 0 bridgehead atoms. The van der Waals surface area contributed by atoms with Crippen molar-refractivity contribution in [2.24, 2.45) is 0 Å². The highest BCUT2D eigenvalue weighted by Gasteiger charge is 2.17. The van der Waals surface area contributed by atoms with Gasteiger partial charge in [0.05, 0.1) is 11.4 Å². The van der Waals surface area contributed by atoms with Crippen LogP contribution in [0.25, 0.3) is 119 Å². The van der Waals surface area contributed by atoms with Crippen LogP contribution in [0.1, 0.15) is 0 Å². The fourth-order valence-electron chi connectivity index (χ4n) is 8.75. The Balaban J connectivity index is 1.07. The van der Waals surface area contributed by atoms with E-state index in [0.29, 0.717) is 5.82 Å². The third-order valence-corrected chi connectivity index (χ3v) is 14.2. The second-order valence-corrected chi connectivity index (χ2v) is 17.9. The maximum atomic E-state index is 5.36. The van der Waals surface area contributed by atoms with Crippen LogP contribution in [0.5, 0.6) is 0 Å². The van der Waals surface area contributed by atoms with Crippen LogP contribution in [-0.4, -0.2) is 9.97 Å². The van der Waals surface area contributed by atoms with Gasteiger partial charge in [-0.15, -0.1) is 22.7 Å². The van der Waals surface area contributed by atoms with Crippen LogP contribution in [0.2, 0.25) is 0 Å². The molecule has 9 aromatic carbocycles. The molecule has 3 heterocycles. The lowest BCUT2D eigenvalue weighted by Gasteiger charge is -2.15. The molecule has 290 valence electrons. The Morgan fingerprint density at radius 3 is 1.03 bits per heavy atom. The summed E-state index contributed by atoms with van der Waals surface area (Å²) in [6.45, 7) is 0. The lowest BCUT2D eigenvalue weighted by molar-refractivity contribution is 1.18. The Morgan fingerprint density at radius 1 is 0.226 bits per heavy atom. The van der Waals surface area contributed by atoms with Crippen molar-refractivity contribution >= 4 is 63.0 Å². The zero-order chi connectivity index (χ0) is 41.0. The summed E-state index contributed by atoms with van der Waals surface area (Å²) >= 11 is 3.70. The molecule has 4 heteroatoms. The SMILES string of the molecule is c1ccc(-c2cc(-c3ccc4sc5ccccc5c4c3)cc(-c3cc(-c4cc(-c5ccccc5)cc(-c5ccc6sc7ccccc7c6c5)c4)nc(-c4ccccc4)n3)c2)cc1. The zero-order valence-corrected chi connectivity index (χ0v) is 35.1. The third-order valence-electron chi connectivity index (χ3n) is 11.9. The second kappa shape index (κ2) is 15.2. The van der Waals surface area contributed by atoms with Gasteiger partial charge in [0.1, 0.15) is 0 Å². The highest BCUT2D eigenvalue weighted by atomic mass is 32.1. The monoisotopic (exact) mass is 824 g/mol. The van der Waals surface area contributed by atoms with Gasteiger partial charge in [0.15, 0.2) is 5.82 Å². The minimum absolute atomic E-state index is 0.689. The summed E-state index contributed by atoms with van der Waals surface area (Å²) in [5.74, 6) is 0.689. The molecule has 0 radical (unpaired) electrons. The van der Waals surface area contributed by atoms with E-state index in [0.717, 1.165) is 61.5 Å². The number of nitrogens with zero attached hydrogens (tertiary/aromatic N) is 2. The molecule has 0 saturated carbocycles. The van der Waals surface area contributed by atoms with Crippen molar-refractivity contribution in [3.05, 3.63) is 218 Å². The van der Waals surface area contributed by atoms with Crippen molar-refractivity contribution in [3.8, 4) is 78.4 Å². The van der Waals surface area contributed by atoms with Crippen LogP contribution < -0.4 is 0 Å². The quantitative estimate of drug-likeness (QED) is 0.160. The predicted molar refractivity (Wildman–Crippen MR) is 266 cm³/mol. The Hall–Kier alpha value is -7.50. The smallest absolute Gasteiger partial charge is 0.160 e. The fourth-order valence-corrected chi connectivity index (χ4v) is 10.9. The third kappa shape index (κ3) is 6.67. The highest BCUT2D eigenvalue weighted by molar-refractivity contribution is 7.26. The van der Waals surface area contributed by atoms with Crippen molar-refractivity contribution in [1.82, 2.24) is 9.97 Å². The van der Waals surface area contributed by atoms with Gasteiger partial charge in [0, 0.05) is 57.0 Å². The number of hydrogen-bond acceptors (Lipinski definition) is 4. The summed E-state index contributed by atoms with van der Waals surface area (Å²) in [4.78, 5) is 10.7. The molecule has 2 nitrogen and oxygen atoms in total. The lowest BCUT2D eigenvalue weighted by Crippen LogP contribution is -1.97. The molecule has 0 aliphatic rings. The van der Waals surface area contributed by atoms with Gasteiger partial charge >= 0.3 is 0 Å². The van der Waals surface area contributed by atoms with Gasteiger partial charge in [-0.2, -0.15) is 0 Å². The van der Waals surface area contributed by atoms with Crippen molar-refractivity contribution < 1.29 is 0 Å². The number of hydrogen-bond donors (Lipinski definition) is 0. The minimum Gasteiger partial charge on any atom is -0.228 e. The van der Waals surface area contributed by atoms with Crippen LogP contribution in [0.3, 0.4) is 0 Å². The molecule has 0 spiro atoms. The Labute approximate surface area is 367 Å². The van der Waals surface area contributed by atoms with Crippen molar-refractivity contribution in [2.75, 3.05) is 0 Å². The molecule has 0 saturated heterocycles. The van der Waals surface area contributed by atoms with E-state index in [2.05, 4.69) is 212 Å². The number of rotatable bonds is 7. The summed E-state index contributed by atoms with van der Waals surface area (Å²) in [5, 5.41) is 5.15. The summed E-state index contributed by atoms with van der Waals surface area (Å²) in [7, 11) is 0. The number of benzene rings is 9. The standard InChI is InChI=1S/C58H36N2S2/c1-4-14-37(15-5-1)42-28-44(40-24-26-56-50(34-40)48-20-10-12-22-54(48)61-56)32-46(30-42)52-36-53(60-58(59-52)39-18-8-3-9-19-39)47-31-43(38-16-6-2-7-17-38)29-45(33-47)41-25-27-57-51(35-41)49-21-11-13-23-55(49)62-57/h1-36H. The molecule has 0 aliphatic heterocycles. The van der Waals surface area contributed by atoms with Crippen molar-refractivity contribution in [3.63, 3.8) is 0 Å². The maximum Gasteiger partial charge on any atom is 0.160 e. The van der Waals surface area contributed by atoms with Gasteiger partial charge in [0.25, 0.3) is 0 Å². The molecule has 0 amide bonds. The van der Waals surface area contributed by atoms with Crippen LogP contribution in [0.4, 0.5) is 0 Å². The largest absolute Gasteiger partial charge is 0.228 e. The molecule has 0 aliphatic carbocycles. The first kappa shape index (κ1) is 36.4. The van der Waals surface area contributed by atoms with Crippen molar-refractivity contribution in [1.29, 1.82) is 0 Å². The van der Waals surface area contributed by atoms with E-state index in [9.17, 15) is 0 Å². The minimum atomic E-state index is 0.689. The second-order valence-electron chi connectivity index (χ2n) is 15.8. The van der Waals surface area contributed by atoms with E-state index >= 15 is 0 Å². The van der Waals surface area contributed by atoms with Gasteiger partial charge in [0.2, 0.25) is 0 Å². The van der Waals surface area contributed by atoms with Gasteiger partial charge in [-0.25, -0.2) is 9.97 Å². The van der Waals surface area contributed by atoms with Gasteiger partial charge < -0.3 is 0 Å². The molecular weight excluding hydrogens is 789 g/mol. The van der Waals surface area contributed by atoms with Crippen LogP contribution >= 0.6 is 22.7 Å². The molecule has 3 aromatic heterocycles. The van der Waals surface area contributed by atoms with E-state index in [-0.39, 0.29) is 0 Å². The van der Waals surface area contributed by atoms with E-state index in [1.165, 1.54) is 51.5 Å². The molecule has 0 N–H and O–H groups in total. The zero-order valence-electron chi connectivity index (χ0n) is 33.5. The summed E-state index contributed by atoms with van der Waals surface area (Å²) < 4.78 is 5.20. The molecule has 0 unspecified atom stereocenters. The summed E-state index contributed by atoms with van der Waals surface area (Å²) in [5.41, 5.74) is 14.0. The molecule has 0 atom stereocenters. The topological polar surface area (TPSA) is 25.8 Å². The van der Waals surface area contributed by atoms with Crippen LogP contribution in [0, 0.1) is 0 Å². The molecule has 0 fully saturated rings. The molecular formula is C58H36N2S2. The average Bonchev–Trinajstić information content (AvgIpc) is 3.92. The van der Waals surface area contributed by atoms with Gasteiger partial charge in [-0.1, -0.05) is 140 Å². The predicted octanol–water partition coefficient (Wildman–Crippen LogP) is 16.9. The first-order chi connectivity index (χ1) is 30.7. The highest BCUT2D eigenvalue weighted by Crippen LogP contribution is 2.41. The normalized spacial score (nSPS) is 11.5. The lowest BCUT2D eigenvalue weighted by atomic mass is 9.92. The first-order valence-electron chi connectivity index (χ1n) is 20.9. The molecule has 12 rings (SSSR count). The molecule has 62 heavy (non-hydrogen) atoms. The average molecular weight is 825 g/mol. The fraction of sp³-hybridized carbons (Fsp3) is 0. The first-order valence-corrected chi connectivity index (χ1v) is 22.5. The summed E-state index contributed by atoms with van der Waals surface area (Å²) in [6.07, 6.45) is 0.